The van der Waals surface area contributed by atoms with Gasteiger partial charge in [0.05, 0.1) is 17.2 Å². The van der Waals surface area contributed by atoms with Crippen LogP contribution in [0.2, 0.25) is 0 Å². The monoisotopic (exact) mass is 710 g/mol. The van der Waals surface area contributed by atoms with E-state index >= 15 is 0 Å². The Balaban J connectivity index is 2.06. The Kier molecular flexibility index (Phi) is 10.4. The number of thiocarbonyl (C=S) groups is 1. The Bertz CT molecular complexity index is 1580. The number of allylic oxidation sites excluding steroid dienone is 3. The summed E-state index contributed by atoms with van der Waals surface area (Å²) in [5.41, 5.74) is -7.53. The summed E-state index contributed by atoms with van der Waals surface area (Å²) in [7, 11) is -8.43. The summed E-state index contributed by atoms with van der Waals surface area (Å²) in [6.45, 7) is 1.76. The van der Waals surface area contributed by atoms with Gasteiger partial charge < -0.3 is 10.0 Å². The molecule has 13 nitrogen and oxygen atoms in total. The molecule has 0 aromatic carbocycles. The van der Waals surface area contributed by atoms with Crippen LogP contribution in [-0.2, 0) is 25.6 Å². The fraction of sp³-hybridized carbons (Fsp3) is 0.609. The van der Waals surface area contributed by atoms with Crippen LogP contribution in [0.3, 0.4) is 0 Å². The molecule has 1 aromatic rings. The van der Waals surface area contributed by atoms with Crippen LogP contribution in [0.15, 0.2) is 35.1 Å². The third-order valence-corrected chi connectivity index (χ3v) is 10.6. The highest BCUT2D eigenvalue weighted by Crippen LogP contribution is 2.49. The first-order valence-corrected chi connectivity index (χ1v) is 16.6. The van der Waals surface area contributed by atoms with E-state index in [0.717, 1.165) is 27.0 Å². The summed E-state index contributed by atoms with van der Waals surface area (Å²) in [5, 5.41) is 20.9. The van der Waals surface area contributed by atoms with E-state index in [1.807, 2.05) is 0 Å². The number of rotatable bonds is 10. The van der Waals surface area contributed by atoms with E-state index in [9.17, 15) is 58.4 Å². The molecular formula is C23H28F6N6O7S3. The van der Waals surface area contributed by atoms with Crippen molar-refractivity contribution >= 4 is 43.1 Å². The maximum atomic E-state index is 13.6. The molecule has 1 aliphatic heterocycles. The van der Waals surface area contributed by atoms with Crippen LogP contribution in [0, 0.1) is 16.0 Å². The second kappa shape index (κ2) is 12.8. The number of hydrogen-bond donors (Lipinski definition) is 1. The number of aromatic nitrogens is 2. The molecule has 45 heavy (non-hydrogen) atoms. The molecule has 2 aliphatic rings. The first-order chi connectivity index (χ1) is 20.4. The lowest BCUT2D eigenvalue weighted by atomic mass is 9.95. The molecule has 3 rings (SSSR count). The van der Waals surface area contributed by atoms with Gasteiger partial charge in [0.2, 0.25) is 26.0 Å². The summed E-state index contributed by atoms with van der Waals surface area (Å²) >= 11 is 5.13. The lowest BCUT2D eigenvalue weighted by Gasteiger charge is -2.42. The Morgan fingerprint density at radius 3 is 2.13 bits per heavy atom. The van der Waals surface area contributed by atoms with E-state index in [1.54, 1.807) is 13.8 Å². The number of alkyl halides is 6. The van der Waals surface area contributed by atoms with Gasteiger partial charge in [-0.1, -0.05) is 26.1 Å². The van der Waals surface area contributed by atoms with Gasteiger partial charge in [-0.05, 0) is 12.0 Å². The topological polar surface area (TPSA) is 167 Å². The Morgan fingerprint density at radius 1 is 1.11 bits per heavy atom. The van der Waals surface area contributed by atoms with E-state index in [4.69, 9.17) is 12.2 Å². The highest BCUT2D eigenvalue weighted by Gasteiger charge is 2.71. The molecular weight excluding hydrogens is 682 g/mol. The predicted molar refractivity (Wildman–Crippen MR) is 151 cm³/mol. The average Bonchev–Trinajstić information content (AvgIpc) is 2.90. The second-order valence-corrected chi connectivity index (χ2v) is 15.1. The lowest BCUT2D eigenvalue weighted by molar-refractivity contribution is -0.419. The number of halogens is 6. The number of nitrogens with zero attached hydrogens (tertiary/aromatic N) is 6. The lowest BCUT2D eigenvalue weighted by Crippen LogP contribution is -2.59. The third-order valence-electron chi connectivity index (χ3n) is 6.91. The summed E-state index contributed by atoms with van der Waals surface area (Å²) in [6, 6.07) is -1.15. The van der Waals surface area contributed by atoms with Gasteiger partial charge in [-0.3, -0.25) is 10.1 Å². The van der Waals surface area contributed by atoms with Gasteiger partial charge >= 0.3 is 12.4 Å². The molecule has 0 radical (unpaired) electrons. The Hall–Kier alpha value is -2.79. The van der Waals surface area contributed by atoms with Crippen molar-refractivity contribution < 1.29 is 53.2 Å². The van der Waals surface area contributed by atoms with Gasteiger partial charge in [0.15, 0.2) is 0 Å². The van der Waals surface area contributed by atoms with Crippen LogP contribution in [0.4, 0.5) is 32.3 Å². The minimum atomic E-state index is -6.19. The van der Waals surface area contributed by atoms with Crippen LogP contribution in [0.1, 0.15) is 25.8 Å². The number of hydrogen-bond acceptors (Lipinski definition) is 11. The van der Waals surface area contributed by atoms with Gasteiger partial charge in [0, 0.05) is 68.0 Å². The van der Waals surface area contributed by atoms with Gasteiger partial charge in [-0.2, -0.15) is 35.0 Å². The molecule has 0 unspecified atom stereocenters. The zero-order valence-corrected chi connectivity index (χ0v) is 26.2. The predicted octanol–water partition coefficient (Wildman–Crippen LogP) is 2.34. The first-order valence-electron chi connectivity index (χ1n) is 12.9. The zero-order chi connectivity index (χ0) is 34.3. The van der Waals surface area contributed by atoms with E-state index in [-0.39, 0.29) is 49.2 Å². The molecule has 2 heterocycles. The molecule has 1 saturated heterocycles. The largest absolute Gasteiger partial charge is 0.430 e. The Labute approximate surface area is 259 Å². The zero-order valence-electron chi connectivity index (χ0n) is 23.8. The van der Waals surface area contributed by atoms with Gasteiger partial charge in [0.1, 0.15) is 4.91 Å². The normalized spacial score (nSPS) is 19.6. The summed E-state index contributed by atoms with van der Waals surface area (Å²) in [4.78, 5) is 18.3. The summed E-state index contributed by atoms with van der Waals surface area (Å²) < 4.78 is 134. The van der Waals surface area contributed by atoms with Crippen LogP contribution >= 0.6 is 12.2 Å². The molecule has 0 bridgehead atoms. The maximum Gasteiger partial charge on any atom is 0.430 e. The Morgan fingerprint density at radius 2 is 1.67 bits per heavy atom. The van der Waals surface area contributed by atoms with Crippen molar-refractivity contribution in [1.82, 2.24) is 18.6 Å². The number of nitro groups is 1. The molecule has 0 amide bonds. The van der Waals surface area contributed by atoms with E-state index < -0.39 is 84.2 Å². The van der Waals surface area contributed by atoms with Gasteiger partial charge in [0.25, 0.3) is 11.3 Å². The third kappa shape index (κ3) is 7.62. The van der Waals surface area contributed by atoms with Crippen molar-refractivity contribution in [1.29, 1.82) is 0 Å². The highest BCUT2D eigenvalue weighted by atomic mass is 32.2. The van der Waals surface area contributed by atoms with E-state index in [1.165, 1.54) is 4.90 Å². The van der Waals surface area contributed by atoms with Crippen molar-refractivity contribution in [2.45, 2.75) is 44.3 Å². The van der Waals surface area contributed by atoms with Crippen LogP contribution in [-0.4, -0.2) is 108 Å². The number of anilines is 1. The maximum absolute atomic E-state index is 13.6. The molecule has 1 aliphatic carbocycles. The summed E-state index contributed by atoms with van der Waals surface area (Å²) in [5.74, 6) is -0.692. The van der Waals surface area contributed by atoms with Crippen LogP contribution in [0.25, 0.3) is 0 Å². The fourth-order valence-corrected chi connectivity index (χ4v) is 7.73. The fourth-order valence-electron chi connectivity index (χ4n) is 4.65. The molecule has 0 spiro atoms. The second-order valence-electron chi connectivity index (χ2n) is 10.7. The van der Waals surface area contributed by atoms with Gasteiger partial charge in [-0.15, -0.1) is 0 Å². The van der Waals surface area contributed by atoms with E-state index in [0.29, 0.717) is 0 Å². The average molecular weight is 711 g/mol. The van der Waals surface area contributed by atoms with Crippen LogP contribution < -0.4 is 4.90 Å². The first kappa shape index (κ1) is 36.7. The smallest absolute Gasteiger partial charge is 0.369 e. The standard InChI is InChI=1S/C23H28F6N6O7S3/c1-14(2)11-33(44(3,39)40)13-17-12-32(45(41,42)19-8-16(35(37)38)4-5-18(19)43)6-7-34(17)20-30-9-15(10-31-20)21(36,22(24,25)26)23(27,28)29/h4,8-10,14,17,36H,5-7,11-13H2,1-3H3/t17-/m1/s1. The van der Waals surface area contributed by atoms with Crippen molar-refractivity contribution in [3.05, 3.63) is 50.8 Å². The van der Waals surface area contributed by atoms with Crippen molar-refractivity contribution in [2.24, 2.45) is 5.92 Å². The molecule has 22 heteroatoms. The van der Waals surface area contributed by atoms with Gasteiger partial charge in [-0.25, -0.2) is 26.8 Å². The van der Waals surface area contributed by atoms with Crippen molar-refractivity contribution in [3.63, 3.8) is 0 Å². The summed E-state index contributed by atoms with van der Waals surface area (Å²) in [6.07, 6.45) is -9.50. The minimum absolute atomic E-state index is 0.0356. The minimum Gasteiger partial charge on any atom is -0.369 e. The van der Waals surface area contributed by atoms with Crippen molar-refractivity contribution in [2.75, 3.05) is 43.9 Å². The molecule has 1 N–H and O–H groups in total. The molecule has 1 fully saturated rings. The number of piperazine rings is 1. The molecule has 0 saturated carbocycles. The molecule has 1 aromatic heterocycles. The number of sulfonamides is 2. The van der Waals surface area contributed by atoms with E-state index in [2.05, 4.69) is 9.97 Å². The number of aliphatic hydroxyl groups is 1. The SMILES string of the molecule is CC(C)CN(C[C@H]1CN(S(=O)(=O)C2=CC([N+](=O)[O-])=CCC2=S)CCN1c1ncc(C(O)(C(F)(F)F)C(F)(F)F)cn1)S(C)(=O)=O. The highest BCUT2D eigenvalue weighted by molar-refractivity contribution is 7.96. The van der Waals surface area contributed by atoms with Crippen LogP contribution in [0.5, 0.6) is 0 Å². The molecule has 1 atom stereocenters. The molecule has 252 valence electrons. The van der Waals surface area contributed by atoms with Crippen molar-refractivity contribution in [3.8, 4) is 0 Å². The quantitative estimate of drug-likeness (QED) is 0.164.